The van der Waals surface area contributed by atoms with E-state index in [0.29, 0.717) is 44.5 Å². The number of carbonyl (C=O) groups excluding carboxylic acids is 2. The van der Waals surface area contributed by atoms with E-state index in [9.17, 15) is 30.6 Å². The van der Waals surface area contributed by atoms with Crippen LogP contribution in [0, 0.1) is 73.0 Å². The Morgan fingerprint density at radius 3 is 1.24 bits per heavy atom. The number of thiophene rings is 4. The molecule has 4 aromatic heterocycles. The van der Waals surface area contributed by atoms with Gasteiger partial charge in [0, 0.05) is 62.3 Å². The molecule has 4 aliphatic rings. The first kappa shape index (κ1) is 61.7. The topological polar surface area (TPSA) is 129 Å². The lowest BCUT2D eigenvalue weighted by Gasteiger charge is -2.36. The molecule has 0 saturated carbocycles. The SMILES string of the molecule is C=S(/C=C1\C(=O)c2ccccc2C1=C(C#N)C#N)c1ccc(-c2cc3c4c(ccc3s2)-c2cc3c(cc2C4(c2ccc(C)cc2)c2ccc(C)cc2)-c2ccc4sc(-c5ccc(S/C=C6\C(=O)c7ccccc7C6=C(C#N)C#N)s5)cc4c2C3(c2ccc(C)cc2)c2ccc(C)cc2)s1. The minimum atomic E-state index is -0.803. The lowest BCUT2D eigenvalue weighted by molar-refractivity contribution is 0.103. The molecule has 9 aromatic carbocycles. The first-order valence-electron chi connectivity index (χ1n) is 32.1. The zero-order valence-corrected chi connectivity index (χ0v) is 58.6. The van der Waals surface area contributed by atoms with E-state index in [1.807, 2.05) is 41.8 Å². The predicted octanol–water partition coefficient (Wildman–Crippen LogP) is 22.8. The van der Waals surface area contributed by atoms with Gasteiger partial charge in [0.25, 0.3) is 0 Å². The molecule has 0 amide bonds. The summed E-state index contributed by atoms with van der Waals surface area (Å²) < 4.78 is 4.29. The summed E-state index contributed by atoms with van der Waals surface area (Å²) in [6.07, 6.45) is 0. The van der Waals surface area contributed by atoms with Crippen molar-refractivity contribution in [3.63, 3.8) is 0 Å². The number of fused-ring (bicyclic) bond motifs is 12. The Morgan fingerprint density at radius 2 is 0.808 bits per heavy atom. The molecule has 6 nitrogen and oxygen atoms in total. The third kappa shape index (κ3) is 9.33. The number of hydrogen-bond acceptors (Lipinski definition) is 11. The third-order valence-electron chi connectivity index (χ3n) is 20.0. The largest absolute Gasteiger partial charge is 0.289 e. The van der Waals surface area contributed by atoms with Gasteiger partial charge in [0.15, 0.2) is 11.6 Å². The molecule has 4 aliphatic carbocycles. The number of nitrogens with zero attached hydrogens (tertiary/aromatic N) is 4. The number of ketones is 2. The van der Waals surface area contributed by atoms with Gasteiger partial charge < -0.3 is 0 Å². The second-order valence-electron chi connectivity index (χ2n) is 25.5. The smallest absolute Gasteiger partial charge is 0.194 e. The first-order valence-corrected chi connectivity index (χ1v) is 37.7. The monoisotopic (exact) mass is 1380 g/mol. The lowest BCUT2D eigenvalue weighted by atomic mass is 9.65. The number of allylic oxidation sites excluding steroid dienone is 6. The molecule has 1 atom stereocenters. The zero-order valence-electron chi connectivity index (χ0n) is 53.7. The number of carbonyl (C=O) groups is 2. The molecule has 0 aliphatic heterocycles. The second-order valence-corrected chi connectivity index (χ2v) is 32.8. The summed E-state index contributed by atoms with van der Waals surface area (Å²) in [5.74, 6) is 4.19. The normalized spacial score (nSPS) is 15.3. The Kier molecular flexibility index (Phi) is 14.8. The maximum absolute atomic E-state index is 14.0. The highest BCUT2D eigenvalue weighted by Crippen LogP contribution is 2.66. The highest BCUT2D eigenvalue weighted by Gasteiger charge is 2.53. The summed E-state index contributed by atoms with van der Waals surface area (Å²) >= 11 is 8.32. The van der Waals surface area contributed by atoms with Gasteiger partial charge in [0.1, 0.15) is 35.4 Å². The van der Waals surface area contributed by atoms with Crippen molar-refractivity contribution in [1.82, 2.24) is 0 Å². The lowest BCUT2D eigenvalue weighted by Crippen LogP contribution is -2.30. The van der Waals surface area contributed by atoms with Crippen molar-refractivity contribution in [2.45, 2.75) is 46.9 Å². The van der Waals surface area contributed by atoms with Gasteiger partial charge in [-0.25, -0.2) is 0 Å². The average Bonchev–Trinajstić information content (AvgIpc) is 1.50. The van der Waals surface area contributed by atoms with Crippen molar-refractivity contribution >= 4 is 116 Å². The molecule has 0 fully saturated rings. The van der Waals surface area contributed by atoms with Gasteiger partial charge in [-0.05, 0) is 188 Å². The van der Waals surface area contributed by atoms with Gasteiger partial charge in [-0.15, -0.1) is 55.8 Å². The molecule has 0 N–H and O–H groups in total. The molecular formula is C87H52N4O2S6. The number of rotatable bonds is 10. The minimum Gasteiger partial charge on any atom is -0.289 e. The summed E-state index contributed by atoms with van der Waals surface area (Å²) in [5, 5.41) is 46.2. The Morgan fingerprint density at radius 1 is 0.414 bits per heavy atom. The third-order valence-corrected chi connectivity index (χ3v) is 27.6. The van der Waals surface area contributed by atoms with Crippen LogP contribution in [0.4, 0.5) is 0 Å². The van der Waals surface area contributed by atoms with Crippen LogP contribution >= 0.6 is 67.6 Å². The fourth-order valence-corrected chi connectivity index (χ4v) is 22.2. The fraction of sp³-hybridized carbons (Fsp3) is 0.0690. The Balaban J connectivity index is 0.852. The molecular weight excluding hydrogens is 1330 g/mol. The Bertz CT molecular complexity index is 5970. The van der Waals surface area contributed by atoms with Gasteiger partial charge in [0.2, 0.25) is 0 Å². The fourth-order valence-electron chi connectivity index (χ4n) is 15.5. The standard InChI is InChI=1S/C87H52N4O2S6/c1-48-14-22-54(23-15-48)86(55-24-16-49(2)17-25-55)70-39-65-61-31-33-73-67(41-77(96-73)75-35-37-79(98-75)99(5)47-69-81(53(44-90)45-91)59-11-7-9-13-63(59)85(69)93)83(61)87(56-26-18-50(3)19-27-56,57-28-20-51(4)21-29-57)71(65)38-64(70)60-30-32-72-66(82(60)86)40-76(95-72)74-34-36-78(97-74)94-46-68-80(52(42-88)43-89)58-10-6-8-12-62(58)84(68)92/h6-41,46-47H,5H2,1-4H3/b68-46-,69-47-. The van der Waals surface area contributed by atoms with E-state index in [4.69, 9.17) is 0 Å². The van der Waals surface area contributed by atoms with Gasteiger partial charge in [0.05, 0.1) is 19.2 Å². The molecule has 0 spiro atoms. The quantitative estimate of drug-likeness (QED) is 0.0577. The molecule has 1 unspecified atom stereocenters. The highest BCUT2D eigenvalue weighted by molar-refractivity contribution is 8.18. The van der Waals surface area contributed by atoms with Crippen LogP contribution in [0.5, 0.6) is 0 Å². The van der Waals surface area contributed by atoms with Crippen molar-refractivity contribution in [1.29, 1.82) is 21.0 Å². The van der Waals surface area contributed by atoms with Gasteiger partial charge in [-0.2, -0.15) is 21.0 Å². The zero-order chi connectivity index (χ0) is 67.8. The average molecular weight is 1380 g/mol. The molecule has 0 bridgehead atoms. The van der Waals surface area contributed by atoms with Gasteiger partial charge in [-0.1, -0.05) is 198 Å². The molecule has 0 saturated heterocycles. The van der Waals surface area contributed by atoms with Crippen molar-refractivity contribution in [3.8, 4) is 66.0 Å². The number of hydrogen-bond donors (Lipinski definition) is 0. The van der Waals surface area contributed by atoms with Crippen LogP contribution in [0.1, 0.15) is 98.6 Å². The molecule has 99 heavy (non-hydrogen) atoms. The highest BCUT2D eigenvalue weighted by atomic mass is 32.2. The summed E-state index contributed by atoms with van der Waals surface area (Å²) in [6.45, 7) is 8.63. The molecule has 468 valence electrons. The van der Waals surface area contributed by atoms with Crippen molar-refractivity contribution in [3.05, 3.63) is 341 Å². The van der Waals surface area contributed by atoms with Gasteiger partial charge >= 0.3 is 0 Å². The van der Waals surface area contributed by atoms with Crippen LogP contribution in [0.25, 0.3) is 73.1 Å². The van der Waals surface area contributed by atoms with E-state index in [1.165, 1.54) is 116 Å². The first-order chi connectivity index (χ1) is 48.2. The molecule has 12 heteroatoms. The number of benzene rings is 9. The number of nitriles is 4. The van der Waals surface area contributed by atoms with Crippen LogP contribution in [-0.2, 0) is 10.8 Å². The minimum absolute atomic E-state index is 0.0810. The summed E-state index contributed by atoms with van der Waals surface area (Å²) in [5.41, 5.74) is 20.9. The van der Waals surface area contributed by atoms with E-state index < -0.39 is 21.3 Å². The van der Waals surface area contributed by atoms with Crippen LogP contribution in [-0.4, -0.2) is 17.4 Å². The Labute approximate surface area is 595 Å². The summed E-state index contributed by atoms with van der Waals surface area (Å²) in [6, 6.07) is 87.1. The van der Waals surface area contributed by atoms with Crippen molar-refractivity contribution < 1.29 is 9.59 Å². The Hall–Kier alpha value is -10.9. The van der Waals surface area contributed by atoms with Crippen LogP contribution < -0.4 is 0 Å². The van der Waals surface area contributed by atoms with E-state index in [1.54, 1.807) is 87.2 Å². The molecule has 0 radical (unpaired) electrons. The van der Waals surface area contributed by atoms with Crippen LogP contribution in [0.2, 0.25) is 0 Å². The van der Waals surface area contributed by atoms with E-state index in [0.717, 1.165) is 32.6 Å². The van der Waals surface area contributed by atoms with Crippen molar-refractivity contribution in [2.75, 3.05) is 0 Å². The maximum Gasteiger partial charge on any atom is 0.194 e. The summed E-state index contributed by atoms with van der Waals surface area (Å²) in [4.78, 5) is 32.4. The van der Waals surface area contributed by atoms with E-state index in [-0.39, 0.29) is 22.7 Å². The van der Waals surface area contributed by atoms with E-state index in [2.05, 4.69) is 203 Å². The van der Waals surface area contributed by atoms with Gasteiger partial charge in [-0.3, -0.25) is 9.59 Å². The molecule has 4 heterocycles. The number of aryl methyl sites for hydroxylation is 4. The maximum atomic E-state index is 14.0. The number of thioether (sulfide) groups is 1. The van der Waals surface area contributed by atoms with Crippen molar-refractivity contribution in [2.24, 2.45) is 0 Å². The summed E-state index contributed by atoms with van der Waals surface area (Å²) in [7, 11) is -0.803. The van der Waals surface area contributed by atoms with E-state index >= 15 is 0 Å². The van der Waals surface area contributed by atoms with Crippen LogP contribution in [0.3, 0.4) is 0 Å². The molecule has 13 aromatic rings. The predicted molar refractivity (Wildman–Crippen MR) is 410 cm³/mol. The number of Topliss-reactive ketones (excluding diaryl/α,β-unsaturated/α-hetero) is 2. The molecule has 17 rings (SSSR count). The second kappa shape index (κ2) is 23.7. The van der Waals surface area contributed by atoms with Crippen LogP contribution in [0.15, 0.2) is 260 Å².